The number of rotatable bonds is 6. The molecular formula is C53H49N5OPt-2. The number of aromatic nitrogens is 5. The summed E-state index contributed by atoms with van der Waals surface area (Å²) < 4.78 is 12.9. The first-order valence-electron chi connectivity index (χ1n) is 20.3. The van der Waals surface area contributed by atoms with Gasteiger partial charge in [-0.1, -0.05) is 153 Å². The van der Waals surface area contributed by atoms with Gasteiger partial charge in [-0.2, -0.15) is 18.2 Å². The molecule has 0 bridgehead atoms. The van der Waals surface area contributed by atoms with Crippen molar-refractivity contribution >= 4 is 32.8 Å². The molecule has 0 aliphatic carbocycles. The average Bonchev–Trinajstić information content (AvgIpc) is 3.76. The van der Waals surface area contributed by atoms with Gasteiger partial charge >= 0.3 is 0 Å². The third-order valence-corrected chi connectivity index (χ3v) is 11.1. The Morgan fingerprint density at radius 3 is 1.98 bits per heavy atom. The zero-order valence-corrected chi connectivity index (χ0v) is 37.9. The molecule has 0 N–H and O–H groups in total. The molecular weight excluding hydrogens is 918 g/mol. The molecule has 9 aromatic rings. The number of fused-ring (bicyclic) bond motifs is 4. The van der Waals surface area contributed by atoms with Crippen molar-refractivity contribution in [2.45, 2.75) is 78.6 Å². The molecule has 0 fully saturated rings. The van der Waals surface area contributed by atoms with E-state index in [1.54, 1.807) is 6.20 Å². The van der Waals surface area contributed by atoms with Crippen molar-refractivity contribution in [1.82, 2.24) is 19.1 Å². The van der Waals surface area contributed by atoms with Crippen LogP contribution >= 0.6 is 0 Å². The number of pyridine rings is 2. The molecule has 4 heterocycles. The molecule has 9 rings (SSSR count). The molecule has 0 unspecified atom stereocenters. The Morgan fingerprint density at radius 2 is 1.25 bits per heavy atom. The quantitative estimate of drug-likeness (QED) is 0.123. The zero-order valence-electron chi connectivity index (χ0n) is 35.7. The van der Waals surface area contributed by atoms with Crippen molar-refractivity contribution in [1.29, 1.82) is 0 Å². The Morgan fingerprint density at radius 1 is 0.583 bits per heavy atom. The summed E-state index contributed by atoms with van der Waals surface area (Å²) in [5.74, 6) is 2.50. The van der Waals surface area contributed by atoms with Gasteiger partial charge in [0.2, 0.25) is 0 Å². The first-order valence-corrected chi connectivity index (χ1v) is 20.3. The predicted octanol–water partition coefficient (Wildman–Crippen LogP) is 12.5. The smallest absolute Gasteiger partial charge is 0.269 e. The second-order valence-corrected chi connectivity index (χ2v) is 18.5. The fourth-order valence-electron chi connectivity index (χ4n) is 7.96. The minimum atomic E-state index is -0.123. The SMILES string of the molecule is CC(C)(C)c1ccnc(-n2c3[c-]c(Oc4[c-]c(-n5[c-][n+](-c6cc(C(C)(C)C)cc(C(C)(C)C)c6-c6ccccc6)c6ccccc65)ncc4)ccc3c3ccccc32)c1.[Pt]. The van der Waals surface area contributed by atoms with Crippen molar-refractivity contribution in [2.24, 2.45) is 0 Å². The molecule has 0 radical (unpaired) electrons. The molecule has 5 aromatic carbocycles. The van der Waals surface area contributed by atoms with Gasteiger partial charge in [-0.05, 0) is 79.5 Å². The average molecular weight is 967 g/mol. The summed E-state index contributed by atoms with van der Waals surface area (Å²) in [6, 6.07) is 49.5. The summed E-state index contributed by atoms with van der Waals surface area (Å²) in [4.78, 5) is 9.66. The van der Waals surface area contributed by atoms with Crippen molar-refractivity contribution in [2.75, 3.05) is 0 Å². The fraction of sp³-hybridized carbons (Fsp3) is 0.226. The van der Waals surface area contributed by atoms with Gasteiger partial charge in [-0.15, -0.1) is 17.5 Å². The normalized spacial score (nSPS) is 12.3. The Balaban J connectivity index is 0.00000499. The van der Waals surface area contributed by atoms with Crippen LogP contribution in [-0.4, -0.2) is 19.1 Å². The minimum Gasteiger partial charge on any atom is -0.522 e. The van der Waals surface area contributed by atoms with Crippen molar-refractivity contribution < 1.29 is 30.4 Å². The van der Waals surface area contributed by atoms with Gasteiger partial charge in [-0.3, -0.25) is 14.1 Å². The van der Waals surface area contributed by atoms with Crippen molar-refractivity contribution in [3.63, 3.8) is 0 Å². The van der Waals surface area contributed by atoms with Gasteiger partial charge in [0.05, 0.1) is 22.5 Å². The van der Waals surface area contributed by atoms with E-state index in [4.69, 9.17) is 14.7 Å². The topological polar surface area (TPSA) is 48.8 Å². The summed E-state index contributed by atoms with van der Waals surface area (Å²) in [7, 11) is 0. The Kier molecular flexibility index (Phi) is 10.4. The first-order chi connectivity index (χ1) is 28.1. The molecule has 0 saturated carbocycles. The van der Waals surface area contributed by atoms with Crippen LogP contribution in [0.1, 0.15) is 79.0 Å². The van der Waals surface area contributed by atoms with Crippen LogP contribution in [0, 0.1) is 18.5 Å². The molecule has 0 aliphatic heterocycles. The number of ether oxygens (including phenoxy) is 1. The van der Waals surface area contributed by atoms with E-state index >= 15 is 0 Å². The van der Waals surface area contributed by atoms with E-state index in [9.17, 15) is 0 Å². The van der Waals surface area contributed by atoms with Crippen LogP contribution in [0.4, 0.5) is 0 Å². The maximum atomic E-state index is 6.58. The molecule has 0 spiro atoms. The monoisotopic (exact) mass is 966 g/mol. The van der Waals surface area contributed by atoms with E-state index < -0.39 is 0 Å². The van der Waals surface area contributed by atoms with E-state index in [0.717, 1.165) is 49.9 Å². The third kappa shape index (κ3) is 7.47. The number of para-hydroxylation sites is 3. The van der Waals surface area contributed by atoms with E-state index in [1.807, 2.05) is 22.9 Å². The molecule has 0 atom stereocenters. The molecule has 0 saturated heterocycles. The predicted molar refractivity (Wildman–Crippen MR) is 239 cm³/mol. The summed E-state index contributed by atoms with van der Waals surface area (Å²) in [6.07, 6.45) is 7.38. The zero-order chi connectivity index (χ0) is 41.3. The fourth-order valence-corrected chi connectivity index (χ4v) is 7.96. The number of hydrogen-bond donors (Lipinski definition) is 0. The first kappa shape index (κ1) is 40.9. The Bertz CT molecular complexity index is 3030. The summed E-state index contributed by atoms with van der Waals surface area (Å²) in [6.45, 7) is 20.4. The van der Waals surface area contributed by atoms with Gasteiger partial charge in [0.15, 0.2) is 0 Å². The van der Waals surface area contributed by atoms with Gasteiger partial charge in [0.25, 0.3) is 6.33 Å². The standard InChI is InChI=1S/C53H49N5O.Pt/c1-51(2,3)36-25-27-55-49(31-36)58-43-20-14-13-19-40(43)41-24-23-38(32-46(41)58)59-39-26-28-54-48(33-39)57-34-56(44-21-15-16-22-45(44)57)47-30-37(52(4,5)6)29-42(53(7,8)9)50(47)35-17-11-10-12-18-35;/h10-31H,1-9H3;/q-2;. The second kappa shape index (κ2) is 15.3. The largest absolute Gasteiger partial charge is 0.522 e. The van der Waals surface area contributed by atoms with Crippen LogP contribution in [0.2, 0.25) is 0 Å². The van der Waals surface area contributed by atoms with Gasteiger partial charge in [0.1, 0.15) is 5.82 Å². The van der Waals surface area contributed by atoms with Crippen molar-refractivity contribution in [3.8, 4) is 39.9 Å². The molecule has 304 valence electrons. The van der Waals surface area contributed by atoms with Crippen LogP contribution in [0.15, 0.2) is 134 Å². The summed E-state index contributed by atoms with van der Waals surface area (Å²) >= 11 is 0. The maximum Gasteiger partial charge on any atom is 0.269 e. The summed E-state index contributed by atoms with van der Waals surface area (Å²) in [5, 5.41) is 2.21. The van der Waals surface area contributed by atoms with Crippen LogP contribution in [0.5, 0.6) is 11.5 Å². The van der Waals surface area contributed by atoms with Gasteiger partial charge in [0, 0.05) is 38.5 Å². The number of hydrogen-bond acceptors (Lipinski definition) is 3. The number of imidazole rings is 1. The summed E-state index contributed by atoms with van der Waals surface area (Å²) in [5.41, 5.74) is 10.9. The van der Waals surface area contributed by atoms with Gasteiger partial charge < -0.3 is 9.30 Å². The molecule has 4 aromatic heterocycles. The number of nitrogens with zero attached hydrogens (tertiary/aromatic N) is 5. The van der Waals surface area contributed by atoms with Gasteiger partial charge in [-0.25, -0.2) is 4.98 Å². The van der Waals surface area contributed by atoms with E-state index in [0.29, 0.717) is 17.3 Å². The second-order valence-electron chi connectivity index (χ2n) is 18.5. The molecule has 0 aliphatic rings. The van der Waals surface area contributed by atoms with Crippen LogP contribution in [-0.2, 0) is 37.3 Å². The van der Waals surface area contributed by atoms with Crippen LogP contribution in [0.3, 0.4) is 0 Å². The van der Waals surface area contributed by atoms with E-state index in [2.05, 4.69) is 199 Å². The van der Waals surface area contributed by atoms with E-state index in [-0.39, 0.29) is 37.3 Å². The molecule has 7 heteroatoms. The number of benzene rings is 5. The molecule has 6 nitrogen and oxygen atoms in total. The van der Waals surface area contributed by atoms with Crippen molar-refractivity contribution in [3.05, 3.63) is 169 Å². The Hall–Kier alpha value is -5.84. The molecule has 0 amide bonds. The minimum absolute atomic E-state index is 0. The maximum absolute atomic E-state index is 6.58. The Labute approximate surface area is 367 Å². The van der Waals surface area contributed by atoms with Crippen LogP contribution in [0.25, 0.3) is 61.3 Å². The van der Waals surface area contributed by atoms with E-state index in [1.165, 1.54) is 22.3 Å². The third-order valence-electron chi connectivity index (χ3n) is 11.1. The van der Waals surface area contributed by atoms with Crippen LogP contribution < -0.4 is 9.30 Å². The molecule has 60 heavy (non-hydrogen) atoms.